The Bertz CT molecular complexity index is 891. The Morgan fingerprint density at radius 3 is 2.33 bits per heavy atom. The fourth-order valence-electron chi connectivity index (χ4n) is 3.00. The minimum Gasteiger partial charge on any atom is -0.493 e. The molecule has 0 bridgehead atoms. The Hall–Kier alpha value is -2.55. The van der Waals surface area contributed by atoms with Gasteiger partial charge in [-0.1, -0.05) is 43.7 Å². The van der Waals surface area contributed by atoms with E-state index in [2.05, 4.69) is 58.9 Å². The number of aromatic nitrogens is 2. The molecule has 0 unspecified atom stereocenters. The zero-order valence-corrected chi connectivity index (χ0v) is 15.0. The van der Waals surface area contributed by atoms with E-state index in [9.17, 15) is 5.11 Å². The first-order valence-corrected chi connectivity index (χ1v) is 8.35. The molecule has 0 atom stereocenters. The average Bonchev–Trinajstić information content (AvgIpc) is 2.88. The van der Waals surface area contributed by atoms with E-state index in [0.717, 1.165) is 22.5 Å². The summed E-state index contributed by atoms with van der Waals surface area (Å²) >= 11 is 0. The SMILES string of the molecule is Cc1cccc(-c2nn(-c3ccc(C)c(C)c3)c(O)c2C(C)C)c1. The molecule has 0 saturated heterocycles. The first-order valence-electron chi connectivity index (χ1n) is 8.35. The highest BCUT2D eigenvalue weighted by atomic mass is 16.3. The van der Waals surface area contributed by atoms with Crippen LogP contribution in [-0.2, 0) is 0 Å². The summed E-state index contributed by atoms with van der Waals surface area (Å²) in [5.74, 6) is 0.408. The van der Waals surface area contributed by atoms with Crippen molar-refractivity contribution in [3.63, 3.8) is 0 Å². The number of benzene rings is 2. The van der Waals surface area contributed by atoms with Crippen molar-refractivity contribution < 1.29 is 5.11 Å². The molecule has 24 heavy (non-hydrogen) atoms. The Balaban J connectivity index is 2.22. The second-order valence-corrected chi connectivity index (χ2v) is 6.79. The minimum atomic E-state index is 0.181. The molecule has 1 heterocycles. The lowest BCUT2D eigenvalue weighted by molar-refractivity contribution is 0.425. The van der Waals surface area contributed by atoms with E-state index < -0.39 is 0 Å². The average molecular weight is 320 g/mol. The molecule has 3 heteroatoms. The third-order valence-corrected chi connectivity index (χ3v) is 4.50. The van der Waals surface area contributed by atoms with E-state index in [1.165, 1.54) is 16.7 Å². The van der Waals surface area contributed by atoms with Crippen LogP contribution in [0.25, 0.3) is 16.9 Å². The van der Waals surface area contributed by atoms with Crippen molar-refractivity contribution in [2.75, 3.05) is 0 Å². The highest BCUT2D eigenvalue weighted by Crippen LogP contribution is 2.37. The molecule has 124 valence electrons. The van der Waals surface area contributed by atoms with E-state index in [1.54, 1.807) is 4.68 Å². The zero-order valence-electron chi connectivity index (χ0n) is 15.0. The molecule has 3 rings (SSSR count). The molecule has 0 aliphatic heterocycles. The normalized spacial score (nSPS) is 11.2. The van der Waals surface area contributed by atoms with E-state index in [-0.39, 0.29) is 11.8 Å². The molecular weight excluding hydrogens is 296 g/mol. The zero-order chi connectivity index (χ0) is 17.4. The van der Waals surface area contributed by atoms with Crippen LogP contribution in [0.4, 0.5) is 0 Å². The summed E-state index contributed by atoms with van der Waals surface area (Å²) in [6.07, 6.45) is 0. The van der Waals surface area contributed by atoms with Gasteiger partial charge >= 0.3 is 0 Å². The van der Waals surface area contributed by atoms with Gasteiger partial charge in [-0.15, -0.1) is 0 Å². The lowest BCUT2D eigenvalue weighted by Gasteiger charge is -2.08. The van der Waals surface area contributed by atoms with Gasteiger partial charge in [-0.05, 0) is 56.0 Å². The second-order valence-electron chi connectivity index (χ2n) is 6.79. The fraction of sp³-hybridized carbons (Fsp3) is 0.286. The molecule has 0 fully saturated rings. The summed E-state index contributed by atoms with van der Waals surface area (Å²) in [6.45, 7) is 10.4. The number of nitrogens with zero attached hydrogens (tertiary/aromatic N) is 2. The van der Waals surface area contributed by atoms with E-state index >= 15 is 0 Å². The minimum absolute atomic E-state index is 0.181. The smallest absolute Gasteiger partial charge is 0.218 e. The summed E-state index contributed by atoms with van der Waals surface area (Å²) in [6, 6.07) is 14.4. The van der Waals surface area contributed by atoms with Crippen molar-refractivity contribution in [3.05, 3.63) is 64.7 Å². The molecule has 3 aromatic rings. The molecule has 2 aromatic carbocycles. The third-order valence-electron chi connectivity index (χ3n) is 4.50. The predicted octanol–water partition coefficient (Wildman–Crippen LogP) is 5.29. The monoisotopic (exact) mass is 320 g/mol. The Morgan fingerprint density at radius 1 is 0.958 bits per heavy atom. The van der Waals surface area contributed by atoms with Gasteiger partial charge in [0.1, 0.15) is 5.69 Å². The van der Waals surface area contributed by atoms with Crippen LogP contribution in [0.5, 0.6) is 5.88 Å². The molecule has 0 saturated carbocycles. The molecule has 1 aromatic heterocycles. The second kappa shape index (κ2) is 6.16. The topological polar surface area (TPSA) is 38.0 Å². The summed E-state index contributed by atoms with van der Waals surface area (Å²) < 4.78 is 1.65. The van der Waals surface area contributed by atoms with Gasteiger partial charge in [-0.25, -0.2) is 4.68 Å². The van der Waals surface area contributed by atoms with Crippen LogP contribution in [0.2, 0.25) is 0 Å². The van der Waals surface area contributed by atoms with Crippen molar-refractivity contribution in [3.8, 4) is 22.8 Å². The third kappa shape index (κ3) is 2.82. The Kier molecular flexibility index (Phi) is 4.18. The lowest BCUT2D eigenvalue weighted by Crippen LogP contribution is -1.97. The van der Waals surface area contributed by atoms with Gasteiger partial charge in [0.05, 0.1) is 5.69 Å². The van der Waals surface area contributed by atoms with E-state index in [4.69, 9.17) is 5.10 Å². The van der Waals surface area contributed by atoms with Gasteiger partial charge in [0.15, 0.2) is 0 Å². The largest absolute Gasteiger partial charge is 0.493 e. The van der Waals surface area contributed by atoms with Gasteiger partial charge in [-0.2, -0.15) is 5.10 Å². The Labute approximate surface area is 143 Å². The molecule has 0 radical (unpaired) electrons. The quantitative estimate of drug-likeness (QED) is 0.711. The van der Waals surface area contributed by atoms with Gasteiger partial charge in [0, 0.05) is 11.1 Å². The predicted molar refractivity (Wildman–Crippen MR) is 99.0 cm³/mol. The van der Waals surface area contributed by atoms with Crippen molar-refractivity contribution in [1.82, 2.24) is 9.78 Å². The molecule has 0 aliphatic rings. The maximum Gasteiger partial charge on any atom is 0.218 e. The highest BCUT2D eigenvalue weighted by Gasteiger charge is 2.22. The number of rotatable bonds is 3. The van der Waals surface area contributed by atoms with Crippen LogP contribution in [-0.4, -0.2) is 14.9 Å². The first kappa shape index (κ1) is 16.3. The van der Waals surface area contributed by atoms with Gasteiger partial charge in [0.2, 0.25) is 5.88 Å². The van der Waals surface area contributed by atoms with Crippen LogP contribution >= 0.6 is 0 Å². The number of aromatic hydroxyl groups is 1. The van der Waals surface area contributed by atoms with Crippen molar-refractivity contribution >= 4 is 0 Å². The van der Waals surface area contributed by atoms with E-state index in [0.29, 0.717) is 0 Å². The molecule has 1 N–H and O–H groups in total. The number of hydrogen-bond acceptors (Lipinski definition) is 2. The standard InChI is InChI=1S/C21H24N2O/c1-13(2)19-20(17-8-6-7-14(3)11-17)22-23(21(19)24)18-10-9-15(4)16(5)12-18/h6-13,24H,1-5H3. The molecule has 0 amide bonds. The number of aryl methyl sites for hydroxylation is 3. The molecule has 3 nitrogen and oxygen atoms in total. The summed E-state index contributed by atoms with van der Waals surface area (Å²) in [5.41, 5.74) is 7.26. The maximum atomic E-state index is 10.8. The van der Waals surface area contributed by atoms with Gasteiger partial charge in [0.25, 0.3) is 0 Å². The van der Waals surface area contributed by atoms with Crippen LogP contribution < -0.4 is 0 Å². The molecule has 0 aliphatic carbocycles. The van der Waals surface area contributed by atoms with Crippen LogP contribution in [0.1, 0.15) is 42.0 Å². The summed E-state index contributed by atoms with van der Waals surface area (Å²) in [4.78, 5) is 0. The molecular formula is C21H24N2O. The highest BCUT2D eigenvalue weighted by molar-refractivity contribution is 5.67. The maximum absolute atomic E-state index is 10.8. The fourth-order valence-corrected chi connectivity index (χ4v) is 3.00. The van der Waals surface area contributed by atoms with Crippen molar-refractivity contribution in [2.24, 2.45) is 0 Å². The van der Waals surface area contributed by atoms with Crippen LogP contribution in [0, 0.1) is 20.8 Å². The summed E-state index contributed by atoms with van der Waals surface area (Å²) in [5, 5.41) is 15.6. The molecule has 0 spiro atoms. The first-order chi connectivity index (χ1) is 11.4. The van der Waals surface area contributed by atoms with Gasteiger partial charge in [-0.3, -0.25) is 0 Å². The van der Waals surface area contributed by atoms with Crippen LogP contribution in [0.3, 0.4) is 0 Å². The van der Waals surface area contributed by atoms with Crippen LogP contribution in [0.15, 0.2) is 42.5 Å². The number of hydrogen-bond donors (Lipinski definition) is 1. The van der Waals surface area contributed by atoms with Crippen molar-refractivity contribution in [1.29, 1.82) is 0 Å². The lowest BCUT2D eigenvalue weighted by atomic mass is 9.98. The van der Waals surface area contributed by atoms with Crippen molar-refractivity contribution in [2.45, 2.75) is 40.5 Å². The van der Waals surface area contributed by atoms with E-state index in [1.807, 2.05) is 18.2 Å². The Morgan fingerprint density at radius 2 is 1.71 bits per heavy atom. The van der Waals surface area contributed by atoms with Gasteiger partial charge < -0.3 is 5.11 Å². The summed E-state index contributed by atoms with van der Waals surface area (Å²) in [7, 11) is 0.